The number of carbonyl (C=O) groups is 1. The normalized spacial score (nSPS) is 12.0. The molecule has 5 nitrogen and oxygen atoms in total. The first-order chi connectivity index (χ1) is 9.47. The third-order valence-electron chi connectivity index (χ3n) is 2.68. The highest BCUT2D eigenvalue weighted by Crippen LogP contribution is 2.26. The van der Waals surface area contributed by atoms with E-state index in [1.165, 1.54) is 11.3 Å². The minimum atomic E-state index is -0.640. The molecule has 0 aliphatic rings. The van der Waals surface area contributed by atoms with Crippen LogP contribution < -0.4 is 10.1 Å². The molecule has 0 aliphatic carbocycles. The summed E-state index contributed by atoms with van der Waals surface area (Å²) < 4.78 is 5.63. The van der Waals surface area contributed by atoms with Crippen molar-refractivity contribution in [3.8, 4) is 5.75 Å². The van der Waals surface area contributed by atoms with E-state index in [9.17, 15) is 4.79 Å². The molecule has 0 fully saturated rings. The van der Waals surface area contributed by atoms with Gasteiger partial charge in [0.15, 0.2) is 6.10 Å². The summed E-state index contributed by atoms with van der Waals surface area (Å²) in [5, 5.41) is 11.2. The maximum absolute atomic E-state index is 11.9. The van der Waals surface area contributed by atoms with Crippen molar-refractivity contribution in [2.45, 2.75) is 26.9 Å². The molecule has 2 rings (SSSR count). The number of ether oxygens (including phenoxy) is 1. The molecule has 0 radical (unpaired) electrons. The first-order valence-electron chi connectivity index (χ1n) is 5.98. The van der Waals surface area contributed by atoms with Gasteiger partial charge in [-0.1, -0.05) is 22.9 Å². The predicted molar refractivity (Wildman–Crippen MR) is 79.6 cm³/mol. The van der Waals surface area contributed by atoms with Crippen LogP contribution >= 0.6 is 22.9 Å². The average molecular weight is 312 g/mol. The molecule has 0 saturated carbocycles. The van der Waals surface area contributed by atoms with Gasteiger partial charge in [0.2, 0.25) is 5.13 Å². The largest absolute Gasteiger partial charge is 0.481 e. The van der Waals surface area contributed by atoms with Crippen LogP contribution in [0.4, 0.5) is 5.13 Å². The van der Waals surface area contributed by atoms with Crippen LogP contribution in [0.2, 0.25) is 5.02 Å². The van der Waals surface area contributed by atoms with Crippen molar-refractivity contribution in [2.75, 3.05) is 5.32 Å². The Hall–Kier alpha value is -1.66. The number of nitrogens with one attached hydrogen (secondary N) is 1. The van der Waals surface area contributed by atoms with Crippen molar-refractivity contribution in [1.29, 1.82) is 0 Å². The van der Waals surface area contributed by atoms with Crippen LogP contribution in [0.25, 0.3) is 0 Å². The van der Waals surface area contributed by atoms with Gasteiger partial charge in [-0.3, -0.25) is 10.1 Å². The second kappa shape index (κ2) is 6.19. The molecule has 20 heavy (non-hydrogen) atoms. The molecule has 1 N–H and O–H groups in total. The maximum atomic E-state index is 11.9. The summed E-state index contributed by atoms with van der Waals surface area (Å²) >= 11 is 7.35. The minimum Gasteiger partial charge on any atom is -0.481 e. The smallest absolute Gasteiger partial charge is 0.266 e. The average Bonchev–Trinajstić information content (AvgIpc) is 2.88. The van der Waals surface area contributed by atoms with Gasteiger partial charge < -0.3 is 4.74 Å². The Morgan fingerprint density at radius 3 is 2.60 bits per heavy atom. The Labute approximate surface area is 125 Å². The third kappa shape index (κ3) is 3.46. The lowest BCUT2D eigenvalue weighted by molar-refractivity contribution is -0.122. The van der Waals surface area contributed by atoms with E-state index in [0.717, 1.165) is 11.1 Å². The first-order valence-corrected chi connectivity index (χ1v) is 7.23. The summed E-state index contributed by atoms with van der Waals surface area (Å²) in [6.07, 6.45) is -0.640. The van der Waals surface area contributed by atoms with Crippen LogP contribution in [0.5, 0.6) is 5.75 Å². The number of halogens is 1. The molecular weight excluding hydrogens is 298 g/mol. The van der Waals surface area contributed by atoms with Crippen LogP contribution in [0.3, 0.4) is 0 Å². The van der Waals surface area contributed by atoms with Gasteiger partial charge in [-0.2, -0.15) is 0 Å². The predicted octanol–water partition coefficient (Wildman–Crippen LogP) is 3.21. The van der Waals surface area contributed by atoms with Crippen molar-refractivity contribution in [1.82, 2.24) is 10.2 Å². The van der Waals surface area contributed by atoms with Gasteiger partial charge in [0.1, 0.15) is 11.3 Å². The van der Waals surface area contributed by atoms with Gasteiger partial charge in [-0.25, -0.2) is 0 Å². The van der Waals surface area contributed by atoms with E-state index in [-0.39, 0.29) is 5.91 Å². The summed E-state index contributed by atoms with van der Waals surface area (Å²) in [6.45, 7) is 5.47. The topological polar surface area (TPSA) is 64.1 Å². The Balaban J connectivity index is 2.04. The Morgan fingerprint density at radius 2 is 2.05 bits per heavy atom. The zero-order chi connectivity index (χ0) is 14.7. The first kappa shape index (κ1) is 14.7. The molecule has 0 aliphatic heterocycles. The second-order valence-corrected chi connectivity index (χ2v) is 5.58. The van der Waals surface area contributed by atoms with Crippen molar-refractivity contribution in [2.24, 2.45) is 0 Å². The fourth-order valence-corrected chi connectivity index (χ4v) is 2.22. The number of benzene rings is 1. The van der Waals surface area contributed by atoms with Crippen molar-refractivity contribution >= 4 is 34.0 Å². The number of hydrogen-bond donors (Lipinski definition) is 1. The Bertz CT molecular complexity index is 593. The highest BCUT2D eigenvalue weighted by molar-refractivity contribution is 7.13. The third-order valence-corrected chi connectivity index (χ3v) is 3.89. The number of aromatic nitrogens is 2. The van der Waals surface area contributed by atoms with Crippen LogP contribution in [-0.2, 0) is 4.79 Å². The molecule has 1 aromatic heterocycles. The number of carbonyl (C=O) groups excluding carboxylic acids is 1. The summed E-state index contributed by atoms with van der Waals surface area (Å²) in [5.74, 6) is 0.344. The number of rotatable bonds is 4. The lowest BCUT2D eigenvalue weighted by Gasteiger charge is -2.15. The molecule has 1 unspecified atom stereocenters. The molecule has 106 valence electrons. The molecule has 1 heterocycles. The maximum Gasteiger partial charge on any atom is 0.266 e. The van der Waals surface area contributed by atoms with Gasteiger partial charge in [0.05, 0.1) is 0 Å². The Morgan fingerprint density at radius 1 is 1.40 bits per heavy atom. The second-order valence-electron chi connectivity index (χ2n) is 4.36. The summed E-state index contributed by atoms with van der Waals surface area (Å²) in [6, 6.07) is 3.62. The van der Waals surface area contributed by atoms with E-state index >= 15 is 0 Å². The summed E-state index contributed by atoms with van der Waals surface area (Å²) in [5.41, 5.74) is 3.38. The molecule has 0 spiro atoms. The molecular formula is C13H14ClN3O2S. The molecule has 0 saturated heterocycles. The molecule has 1 amide bonds. The van der Waals surface area contributed by atoms with Gasteiger partial charge in [-0.15, -0.1) is 10.2 Å². The highest BCUT2D eigenvalue weighted by Gasteiger charge is 2.16. The number of amides is 1. The van der Waals surface area contributed by atoms with E-state index in [4.69, 9.17) is 16.3 Å². The zero-order valence-corrected chi connectivity index (χ0v) is 12.9. The minimum absolute atomic E-state index is 0.271. The van der Waals surface area contributed by atoms with E-state index < -0.39 is 6.10 Å². The zero-order valence-electron chi connectivity index (χ0n) is 11.3. The highest BCUT2D eigenvalue weighted by atomic mass is 35.5. The monoisotopic (exact) mass is 311 g/mol. The number of hydrogen-bond acceptors (Lipinski definition) is 5. The van der Waals surface area contributed by atoms with E-state index in [1.807, 2.05) is 26.0 Å². The fourth-order valence-electron chi connectivity index (χ4n) is 1.67. The number of nitrogens with zero attached hydrogens (tertiary/aromatic N) is 2. The van der Waals surface area contributed by atoms with Crippen molar-refractivity contribution in [3.63, 3.8) is 0 Å². The van der Waals surface area contributed by atoms with E-state index in [2.05, 4.69) is 15.5 Å². The van der Waals surface area contributed by atoms with Crippen LogP contribution in [0.1, 0.15) is 18.1 Å². The number of anilines is 1. The summed E-state index contributed by atoms with van der Waals surface area (Å²) in [4.78, 5) is 11.9. The van der Waals surface area contributed by atoms with Gasteiger partial charge in [0, 0.05) is 5.02 Å². The summed E-state index contributed by atoms with van der Waals surface area (Å²) in [7, 11) is 0. The van der Waals surface area contributed by atoms with Crippen LogP contribution in [-0.4, -0.2) is 22.2 Å². The van der Waals surface area contributed by atoms with Gasteiger partial charge >= 0.3 is 0 Å². The van der Waals surface area contributed by atoms with E-state index in [1.54, 1.807) is 12.4 Å². The SMILES string of the molecule is Cc1cc(OC(C)C(=O)Nc2nncs2)cc(C)c1Cl. The van der Waals surface area contributed by atoms with Crippen molar-refractivity contribution in [3.05, 3.63) is 33.8 Å². The number of aryl methyl sites for hydroxylation is 2. The molecule has 1 atom stereocenters. The lowest BCUT2D eigenvalue weighted by atomic mass is 10.1. The molecule has 7 heteroatoms. The van der Waals surface area contributed by atoms with E-state index in [0.29, 0.717) is 15.9 Å². The molecule has 2 aromatic rings. The standard InChI is InChI=1S/C13H14ClN3O2S/c1-7-4-10(5-8(2)11(7)14)19-9(3)12(18)16-13-17-15-6-20-13/h4-6,9H,1-3H3,(H,16,17,18). The Kier molecular flexibility index (Phi) is 4.57. The fraction of sp³-hybridized carbons (Fsp3) is 0.308. The van der Waals surface area contributed by atoms with Gasteiger partial charge in [-0.05, 0) is 44.0 Å². The molecule has 1 aromatic carbocycles. The van der Waals surface area contributed by atoms with Crippen LogP contribution in [0.15, 0.2) is 17.6 Å². The van der Waals surface area contributed by atoms with Crippen LogP contribution in [0, 0.1) is 13.8 Å². The van der Waals surface area contributed by atoms with Gasteiger partial charge in [0.25, 0.3) is 5.91 Å². The van der Waals surface area contributed by atoms with Crippen molar-refractivity contribution < 1.29 is 9.53 Å². The molecule has 0 bridgehead atoms. The lowest BCUT2D eigenvalue weighted by Crippen LogP contribution is -2.30. The quantitative estimate of drug-likeness (QED) is 0.941.